The Balaban J connectivity index is 2.01. The van der Waals surface area contributed by atoms with Gasteiger partial charge in [-0.05, 0) is 18.3 Å². The van der Waals surface area contributed by atoms with Gasteiger partial charge in [-0.3, -0.25) is 0 Å². The topological polar surface area (TPSA) is 40.5 Å². The van der Waals surface area contributed by atoms with E-state index in [0.717, 1.165) is 0 Å². The van der Waals surface area contributed by atoms with Crippen LogP contribution in [0.5, 0.6) is 0 Å². The number of aliphatic hydroxyl groups excluding tert-OH is 2. The van der Waals surface area contributed by atoms with Crippen molar-refractivity contribution in [3.05, 3.63) is 0 Å². The van der Waals surface area contributed by atoms with E-state index in [1.807, 2.05) is 0 Å². The largest absolute Gasteiger partial charge is 0.396 e. The minimum atomic E-state index is 0.000000000000000222. The Morgan fingerprint density at radius 3 is 1.75 bits per heavy atom. The Morgan fingerprint density at radius 1 is 1.25 bits per heavy atom. The summed E-state index contributed by atoms with van der Waals surface area (Å²) in [6.45, 7) is 0.387. The number of rotatable bonds is 2. The molecule has 8 heavy (non-hydrogen) atoms. The molecule has 0 bridgehead atoms. The second-order valence-electron chi connectivity index (χ2n) is 3.00. The van der Waals surface area contributed by atoms with Gasteiger partial charge in [-0.2, -0.15) is 0 Å². The lowest BCUT2D eigenvalue weighted by Gasteiger charge is -2.14. The van der Waals surface area contributed by atoms with Gasteiger partial charge in [-0.15, -0.1) is 0 Å². The molecule has 2 unspecified atom stereocenters. The normalized spacial score (nSPS) is 45.8. The first-order chi connectivity index (χ1) is 3.85. The molecule has 0 aromatic heterocycles. The fourth-order valence-corrected chi connectivity index (χ4v) is 1.69. The lowest BCUT2D eigenvalue weighted by molar-refractivity contribution is 0.0929. The third-order valence-electron chi connectivity index (χ3n) is 2.75. The molecular weight excluding hydrogens is 104 g/mol. The maximum Gasteiger partial charge on any atom is 0.0514 e. The van der Waals surface area contributed by atoms with Crippen molar-refractivity contribution >= 4 is 0 Å². The van der Waals surface area contributed by atoms with Gasteiger partial charge in [0.1, 0.15) is 0 Å². The molecule has 2 saturated carbocycles. The summed E-state index contributed by atoms with van der Waals surface area (Å²) in [5.41, 5.74) is 0.000000000000000222. The Bertz CT molecular complexity index is 108. The highest BCUT2D eigenvalue weighted by Gasteiger charge is 2.75. The zero-order chi connectivity index (χ0) is 5.78. The van der Waals surface area contributed by atoms with Gasteiger partial charge in [0, 0.05) is 5.41 Å². The lowest BCUT2D eigenvalue weighted by Crippen LogP contribution is -2.20. The summed E-state index contributed by atoms with van der Waals surface area (Å²) in [6.07, 6.45) is 1.25. The molecule has 2 N–H and O–H groups in total. The van der Waals surface area contributed by atoms with E-state index in [4.69, 9.17) is 10.2 Å². The Hall–Kier alpha value is -0.0800. The van der Waals surface area contributed by atoms with Crippen molar-refractivity contribution in [3.63, 3.8) is 0 Å². The average molecular weight is 114 g/mol. The first-order valence-electron chi connectivity index (χ1n) is 3.07. The Morgan fingerprint density at radius 2 is 1.75 bits per heavy atom. The van der Waals surface area contributed by atoms with Gasteiger partial charge in [-0.1, -0.05) is 0 Å². The van der Waals surface area contributed by atoms with E-state index in [0.29, 0.717) is 11.8 Å². The summed E-state index contributed by atoms with van der Waals surface area (Å²) >= 11 is 0. The Kier molecular flexibility index (Phi) is 0.649. The summed E-state index contributed by atoms with van der Waals surface area (Å²) in [4.78, 5) is 0. The highest BCUT2D eigenvalue weighted by molar-refractivity contribution is 5.22. The molecule has 0 radical (unpaired) electrons. The highest BCUT2D eigenvalue weighted by atomic mass is 16.3. The van der Waals surface area contributed by atoms with Crippen LogP contribution in [-0.4, -0.2) is 23.4 Å². The molecule has 46 valence electrons. The van der Waals surface area contributed by atoms with E-state index in [2.05, 4.69) is 0 Å². The van der Waals surface area contributed by atoms with Crippen LogP contribution < -0.4 is 0 Å². The predicted molar refractivity (Wildman–Crippen MR) is 28.2 cm³/mol. The van der Waals surface area contributed by atoms with Gasteiger partial charge in [0.25, 0.3) is 0 Å². The molecule has 0 amide bonds. The van der Waals surface area contributed by atoms with Crippen LogP contribution in [0.15, 0.2) is 0 Å². The maximum atomic E-state index is 8.70. The van der Waals surface area contributed by atoms with E-state index < -0.39 is 0 Å². The minimum absolute atomic E-state index is 0.000000000000000222. The maximum absolute atomic E-state index is 8.70. The summed E-state index contributed by atoms with van der Waals surface area (Å²) < 4.78 is 0. The highest BCUT2D eigenvalue weighted by Crippen LogP contribution is 2.76. The fourth-order valence-electron chi connectivity index (χ4n) is 1.69. The van der Waals surface area contributed by atoms with Crippen molar-refractivity contribution in [2.75, 3.05) is 13.2 Å². The standard InChI is InChI=1S/C6H10O2/c7-2-6(3-8)4-1-5(4)6/h4-5,7-8H,1-3H2. The zero-order valence-electron chi connectivity index (χ0n) is 4.67. The molecule has 0 aliphatic heterocycles. The SMILES string of the molecule is OCC1(CO)C2CC21. The molecule has 0 aromatic rings. The van der Waals surface area contributed by atoms with Gasteiger partial charge in [0.2, 0.25) is 0 Å². The third-order valence-corrected chi connectivity index (χ3v) is 2.75. The van der Waals surface area contributed by atoms with Crippen LogP contribution in [0.3, 0.4) is 0 Å². The van der Waals surface area contributed by atoms with Gasteiger partial charge >= 0.3 is 0 Å². The van der Waals surface area contributed by atoms with Crippen LogP contribution in [0.1, 0.15) is 6.42 Å². The summed E-state index contributed by atoms with van der Waals surface area (Å²) in [5, 5.41) is 17.4. The first-order valence-corrected chi connectivity index (χ1v) is 3.07. The first kappa shape index (κ1) is 4.77. The van der Waals surface area contributed by atoms with Crippen molar-refractivity contribution in [2.45, 2.75) is 6.42 Å². The van der Waals surface area contributed by atoms with Crippen LogP contribution in [0.2, 0.25) is 0 Å². The molecule has 2 aliphatic carbocycles. The van der Waals surface area contributed by atoms with Crippen molar-refractivity contribution in [1.29, 1.82) is 0 Å². The molecule has 2 rings (SSSR count). The number of aliphatic hydroxyl groups is 2. The lowest BCUT2D eigenvalue weighted by atomic mass is 9.97. The van der Waals surface area contributed by atoms with Crippen molar-refractivity contribution in [3.8, 4) is 0 Å². The van der Waals surface area contributed by atoms with E-state index >= 15 is 0 Å². The number of hydrogen-bond donors (Lipinski definition) is 2. The minimum Gasteiger partial charge on any atom is -0.396 e. The van der Waals surface area contributed by atoms with Gasteiger partial charge in [0.15, 0.2) is 0 Å². The monoisotopic (exact) mass is 114 g/mol. The summed E-state index contributed by atoms with van der Waals surface area (Å²) in [5.74, 6) is 1.38. The molecule has 2 fully saturated rings. The van der Waals surface area contributed by atoms with E-state index in [1.54, 1.807) is 0 Å². The van der Waals surface area contributed by atoms with Crippen LogP contribution in [-0.2, 0) is 0 Å². The molecule has 0 heterocycles. The second kappa shape index (κ2) is 1.09. The van der Waals surface area contributed by atoms with Crippen LogP contribution >= 0.6 is 0 Å². The smallest absolute Gasteiger partial charge is 0.0514 e. The molecule has 0 aromatic carbocycles. The molecule has 0 saturated heterocycles. The summed E-state index contributed by atoms with van der Waals surface area (Å²) in [7, 11) is 0. The molecule has 2 aliphatic rings. The van der Waals surface area contributed by atoms with E-state index in [-0.39, 0.29) is 18.6 Å². The molecule has 0 spiro atoms. The van der Waals surface area contributed by atoms with Gasteiger partial charge < -0.3 is 10.2 Å². The van der Waals surface area contributed by atoms with Gasteiger partial charge in [0.05, 0.1) is 13.2 Å². The van der Waals surface area contributed by atoms with E-state index in [1.165, 1.54) is 6.42 Å². The van der Waals surface area contributed by atoms with Crippen LogP contribution in [0, 0.1) is 17.3 Å². The predicted octanol–water partition coefficient (Wildman–Crippen LogP) is -0.393. The Labute approximate surface area is 48.1 Å². The van der Waals surface area contributed by atoms with Crippen molar-refractivity contribution in [2.24, 2.45) is 17.3 Å². The average Bonchev–Trinajstić information content (AvgIpc) is 2.53. The van der Waals surface area contributed by atoms with Crippen LogP contribution in [0.25, 0.3) is 0 Å². The molecule has 2 heteroatoms. The van der Waals surface area contributed by atoms with Crippen molar-refractivity contribution < 1.29 is 10.2 Å². The summed E-state index contributed by atoms with van der Waals surface area (Å²) in [6, 6.07) is 0. The van der Waals surface area contributed by atoms with E-state index in [9.17, 15) is 0 Å². The fraction of sp³-hybridized carbons (Fsp3) is 1.00. The third kappa shape index (κ3) is 0.298. The zero-order valence-corrected chi connectivity index (χ0v) is 4.67. The van der Waals surface area contributed by atoms with Crippen molar-refractivity contribution in [1.82, 2.24) is 0 Å². The van der Waals surface area contributed by atoms with Gasteiger partial charge in [-0.25, -0.2) is 0 Å². The molecule has 2 atom stereocenters. The van der Waals surface area contributed by atoms with Crippen LogP contribution in [0.4, 0.5) is 0 Å². The second-order valence-corrected chi connectivity index (χ2v) is 3.00. The molecule has 2 nitrogen and oxygen atoms in total. The molecular formula is C6H10O2. The quantitative estimate of drug-likeness (QED) is 0.513. The number of fused-ring (bicyclic) bond motifs is 1. The number of hydrogen-bond acceptors (Lipinski definition) is 2.